The molecule has 1 aliphatic heterocycles. The highest BCUT2D eigenvalue weighted by atomic mass is 16.7. The Hall–Kier alpha value is -0.730. The first-order valence-electron chi connectivity index (χ1n) is 4.92. The van der Waals surface area contributed by atoms with Gasteiger partial charge < -0.3 is 29.5 Å². The molecule has 1 heterocycles. The topological polar surface area (TPSA) is 105 Å². The van der Waals surface area contributed by atoms with Crippen molar-refractivity contribution < 1.29 is 34.3 Å². The minimum Gasteiger partial charge on any atom is -0.467 e. The van der Waals surface area contributed by atoms with E-state index < -0.39 is 36.7 Å². The van der Waals surface area contributed by atoms with Crippen LogP contribution in [0.4, 0.5) is 0 Å². The molecule has 5 atom stereocenters. The van der Waals surface area contributed by atoms with Gasteiger partial charge in [0.05, 0.1) is 7.11 Å². The maximum Gasteiger partial charge on any atom is 0.337 e. The van der Waals surface area contributed by atoms with Crippen LogP contribution in [0, 0.1) is 0 Å². The molecule has 16 heavy (non-hydrogen) atoms. The zero-order valence-corrected chi connectivity index (χ0v) is 9.07. The van der Waals surface area contributed by atoms with Gasteiger partial charge in [0.1, 0.15) is 18.3 Å². The van der Waals surface area contributed by atoms with Gasteiger partial charge in [-0.1, -0.05) is 0 Å². The van der Waals surface area contributed by atoms with Crippen molar-refractivity contribution in [2.75, 3.05) is 13.7 Å². The molecule has 1 rings (SSSR count). The van der Waals surface area contributed by atoms with Gasteiger partial charge in [-0.2, -0.15) is 0 Å². The van der Waals surface area contributed by atoms with Crippen LogP contribution >= 0.6 is 0 Å². The molecule has 0 spiro atoms. The third-order valence-electron chi connectivity index (χ3n) is 2.33. The van der Waals surface area contributed by atoms with Crippen molar-refractivity contribution in [2.24, 2.45) is 0 Å². The SMILES string of the molecule is CCO[C@@H]1O[C@H](C(=O)OC)[C@@H](O)[C@H](O)[C@H]1O. The Morgan fingerprint density at radius 2 is 1.88 bits per heavy atom. The molecule has 3 N–H and O–H groups in total. The minimum absolute atomic E-state index is 0.235. The summed E-state index contributed by atoms with van der Waals surface area (Å²) in [5.74, 6) is -0.830. The molecular formula is C9H16O7. The zero-order valence-electron chi connectivity index (χ0n) is 9.07. The molecule has 1 aliphatic rings. The number of carbonyl (C=O) groups excluding carboxylic acids is 1. The third kappa shape index (κ3) is 2.50. The molecule has 0 aliphatic carbocycles. The van der Waals surface area contributed by atoms with Crippen LogP contribution in [0.1, 0.15) is 6.92 Å². The molecule has 1 fully saturated rings. The van der Waals surface area contributed by atoms with Gasteiger partial charge >= 0.3 is 5.97 Å². The largest absolute Gasteiger partial charge is 0.467 e. The Bertz CT molecular complexity index is 244. The molecule has 0 amide bonds. The van der Waals surface area contributed by atoms with Gasteiger partial charge in [-0.15, -0.1) is 0 Å². The molecule has 0 radical (unpaired) electrons. The van der Waals surface area contributed by atoms with Crippen molar-refractivity contribution in [1.82, 2.24) is 0 Å². The smallest absolute Gasteiger partial charge is 0.337 e. The van der Waals surface area contributed by atoms with E-state index in [1.54, 1.807) is 6.92 Å². The van der Waals surface area contributed by atoms with E-state index in [-0.39, 0.29) is 6.61 Å². The number of hydrogen-bond donors (Lipinski definition) is 3. The van der Waals surface area contributed by atoms with Crippen molar-refractivity contribution in [2.45, 2.75) is 37.6 Å². The van der Waals surface area contributed by atoms with Gasteiger partial charge in [0.15, 0.2) is 12.4 Å². The van der Waals surface area contributed by atoms with Crippen molar-refractivity contribution in [3.8, 4) is 0 Å². The van der Waals surface area contributed by atoms with E-state index in [2.05, 4.69) is 4.74 Å². The molecule has 0 bridgehead atoms. The Balaban J connectivity index is 2.76. The first-order valence-corrected chi connectivity index (χ1v) is 4.92. The summed E-state index contributed by atoms with van der Waals surface area (Å²) in [5, 5.41) is 28.5. The lowest BCUT2D eigenvalue weighted by molar-refractivity contribution is -0.293. The molecule has 0 unspecified atom stereocenters. The molecule has 7 nitrogen and oxygen atoms in total. The summed E-state index contributed by atoms with van der Waals surface area (Å²) in [6, 6.07) is 0. The van der Waals surface area contributed by atoms with Crippen molar-refractivity contribution in [3.05, 3.63) is 0 Å². The van der Waals surface area contributed by atoms with Crippen LogP contribution in [0.3, 0.4) is 0 Å². The van der Waals surface area contributed by atoms with Crippen LogP contribution in [0.2, 0.25) is 0 Å². The van der Waals surface area contributed by atoms with E-state index in [9.17, 15) is 20.1 Å². The van der Waals surface area contributed by atoms with Gasteiger partial charge in [0.25, 0.3) is 0 Å². The van der Waals surface area contributed by atoms with Crippen LogP contribution in [-0.2, 0) is 19.0 Å². The molecule has 0 aromatic carbocycles. The van der Waals surface area contributed by atoms with Crippen LogP contribution in [0.25, 0.3) is 0 Å². The highest BCUT2D eigenvalue weighted by Gasteiger charge is 2.47. The highest BCUT2D eigenvalue weighted by Crippen LogP contribution is 2.22. The predicted molar refractivity (Wildman–Crippen MR) is 50.3 cm³/mol. The van der Waals surface area contributed by atoms with Crippen molar-refractivity contribution in [3.63, 3.8) is 0 Å². The van der Waals surface area contributed by atoms with Crippen LogP contribution in [0.5, 0.6) is 0 Å². The Kier molecular flexibility index (Phi) is 4.63. The van der Waals surface area contributed by atoms with Crippen LogP contribution < -0.4 is 0 Å². The normalized spacial score (nSPS) is 39.4. The number of methoxy groups -OCH3 is 1. The number of ether oxygens (including phenoxy) is 3. The Labute approximate surface area is 92.5 Å². The highest BCUT2D eigenvalue weighted by molar-refractivity contribution is 5.75. The quantitative estimate of drug-likeness (QED) is 0.487. The zero-order chi connectivity index (χ0) is 12.3. The van der Waals surface area contributed by atoms with Crippen molar-refractivity contribution >= 4 is 5.97 Å². The molecule has 1 saturated heterocycles. The molecular weight excluding hydrogens is 220 g/mol. The summed E-state index contributed by atoms with van der Waals surface area (Å²) in [7, 11) is 1.13. The van der Waals surface area contributed by atoms with E-state index in [0.29, 0.717) is 0 Å². The van der Waals surface area contributed by atoms with Gasteiger partial charge in [0, 0.05) is 6.61 Å². The van der Waals surface area contributed by atoms with E-state index in [1.807, 2.05) is 0 Å². The fraction of sp³-hybridized carbons (Fsp3) is 0.889. The van der Waals surface area contributed by atoms with Crippen LogP contribution in [0.15, 0.2) is 0 Å². The number of aliphatic hydroxyl groups is 3. The monoisotopic (exact) mass is 236 g/mol. The lowest BCUT2D eigenvalue weighted by Gasteiger charge is -2.38. The number of esters is 1. The fourth-order valence-electron chi connectivity index (χ4n) is 1.46. The predicted octanol–water partition coefficient (Wildman–Crippen LogP) is -2.00. The van der Waals surface area contributed by atoms with Gasteiger partial charge in [-0.25, -0.2) is 4.79 Å². The number of carbonyl (C=O) groups is 1. The third-order valence-corrected chi connectivity index (χ3v) is 2.33. The Morgan fingerprint density at radius 3 is 2.38 bits per heavy atom. The second-order valence-corrected chi connectivity index (χ2v) is 3.38. The number of hydrogen-bond acceptors (Lipinski definition) is 7. The maximum atomic E-state index is 11.2. The maximum absolute atomic E-state index is 11.2. The first kappa shape index (κ1) is 13.3. The average Bonchev–Trinajstić information content (AvgIpc) is 2.29. The molecule has 0 aromatic heterocycles. The van der Waals surface area contributed by atoms with Crippen LogP contribution in [-0.4, -0.2) is 65.7 Å². The van der Waals surface area contributed by atoms with E-state index in [1.165, 1.54) is 0 Å². The van der Waals surface area contributed by atoms with E-state index >= 15 is 0 Å². The molecule has 94 valence electrons. The number of aliphatic hydroxyl groups excluding tert-OH is 3. The molecule has 7 heteroatoms. The minimum atomic E-state index is -1.54. The standard InChI is InChI=1S/C9H16O7/c1-3-15-9-6(12)4(10)5(11)7(16-9)8(13)14-2/h4-7,9-12H,3H2,1-2H3/t4-,5-,6+,7-,9+/m0/s1. The average molecular weight is 236 g/mol. The lowest BCUT2D eigenvalue weighted by atomic mass is 9.99. The van der Waals surface area contributed by atoms with E-state index in [0.717, 1.165) is 7.11 Å². The summed E-state index contributed by atoms with van der Waals surface area (Å²) in [6.07, 6.45) is -6.99. The van der Waals surface area contributed by atoms with E-state index in [4.69, 9.17) is 9.47 Å². The second-order valence-electron chi connectivity index (χ2n) is 3.38. The fourth-order valence-corrected chi connectivity index (χ4v) is 1.46. The summed E-state index contributed by atoms with van der Waals surface area (Å²) in [6.45, 7) is 1.90. The summed E-state index contributed by atoms with van der Waals surface area (Å²) < 4.78 is 14.4. The lowest BCUT2D eigenvalue weighted by Crippen LogP contribution is -2.60. The Morgan fingerprint density at radius 1 is 1.25 bits per heavy atom. The van der Waals surface area contributed by atoms with Gasteiger partial charge in [0.2, 0.25) is 0 Å². The second kappa shape index (κ2) is 5.55. The number of rotatable bonds is 3. The van der Waals surface area contributed by atoms with Crippen molar-refractivity contribution in [1.29, 1.82) is 0 Å². The van der Waals surface area contributed by atoms with Gasteiger partial charge in [-0.05, 0) is 6.92 Å². The summed E-state index contributed by atoms with van der Waals surface area (Å²) in [4.78, 5) is 11.2. The summed E-state index contributed by atoms with van der Waals surface area (Å²) >= 11 is 0. The summed E-state index contributed by atoms with van der Waals surface area (Å²) in [5.41, 5.74) is 0. The molecule has 0 saturated carbocycles. The molecule has 0 aromatic rings. The van der Waals surface area contributed by atoms with Gasteiger partial charge in [-0.3, -0.25) is 0 Å². The first-order chi connectivity index (χ1) is 7.52.